The Morgan fingerprint density at radius 1 is 1.07 bits per heavy atom. The number of aryl methyl sites for hydroxylation is 1. The van der Waals surface area contributed by atoms with Crippen LogP contribution in [0, 0.1) is 6.92 Å². The van der Waals surface area contributed by atoms with Gasteiger partial charge in [0.25, 0.3) is 5.91 Å². The Morgan fingerprint density at radius 3 is 2.21 bits per heavy atom. The molecule has 0 aliphatic heterocycles. The number of carbonyl (C=O) groups excluding carboxylic acids is 2. The van der Waals surface area contributed by atoms with Gasteiger partial charge in [0, 0.05) is 29.3 Å². The molecule has 1 aromatic heterocycles. The molecule has 8 heteroatoms. The van der Waals surface area contributed by atoms with Crippen LogP contribution in [0.4, 0.5) is 19.0 Å². The molecule has 0 aliphatic carbocycles. The van der Waals surface area contributed by atoms with Gasteiger partial charge in [0.15, 0.2) is 0 Å². The molecule has 0 bridgehead atoms. The number of alkyl halides is 3. The first-order valence-corrected chi connectivity index (χ1v) is 8.28. The fraction of sp³-hybridized carbons (Fsp3) is 0.150. The minimum absolute atomic E-state index is 0.102. The number of rotatable bonds is 4. The van der Waals surface area contributed by atoms with Crippen molar-refractivity contribution >= 4 is 18.0 Å². The van der Waals surface area contributed by atoms with Crippen LogP contribution < -0.4 is 5.32 Å². The summed E-state index contributed by atoms with van der Waals surface area (Å²) in [7, 11) is 1.65. The minimum Gasteiger partial charge on any atom is -0.307 e. The molecule has 1 N–H and O–H groups in total. The number of hydrogen-bond donors (Lipinski definition) is 1. The summed E-state index contributed by atoms with van der Waals surface area (Å²) in [6.07, 6.45) is -3.72. The molecule has 0 saturated carbocycles. The van der Waals surface area contributed by atoms with Gasteiger partial charge in [0.1, 0.15) is 12.1 Å². The maximum Gasteiger partial charge on any atom is 0.416 e. The van der Waals surface area contributed by atoms with E-state index < -0.39 is 17.6 Å². The number of anilines is 1. The van der Waals surface area contributed by atoms with E-state index in [0.717, 1.165) is 36.1 Å². The Morgan fingerprint density at radius 2 is 1.68 bits per heavy atom. The summed E-state index contributed by atoms with van der Waals surface area (Å²) in [5.41, 5.74) is 1.92. The zero-order valence-corrected chi connectivity index (χ0v) is 15.0. The van der Waals surface area contributed by atoms with Crippen LogP contribution >= 0.6 is 0 Å². The van der Waals surface area contributed by atoms with Crippen LogP contribution in [-0.4, -0.2) is 22.0 Å². The summed E-state index contributed by atoms with van der Waals surface area (Å²) in [5.74, 6) is -0.109. The fourth-order valence-electron chi connectivity index (χ4n) is 2.79. The molecule has 0 radical (unpaired) electrons. The molecule has 3 aromatic rings. The summed E-state index contributed by atoms with van der Waals surface area (Å²) in [6.45, 7) is 1.78. The highest BCUT2D eigenvalue weighted by molar-refractivity contribution is 6.04. The zero-order chi connectivity index (χ0) is 20.5. The topological polar surface area (TPSA) is 64.0 Å². The third-order valence-electron chi connectivity index (χ3n) is 4.31. The van der Waals surface area contributed by atoms with E-state index in [2.05, 4.69) is 10.4 Å². The van der Waals surface area contributed by atoms with Crippen molar-refractivity contribution in [3.8, 4) is 11.3 Å². The number of carbonyl (C=O) groups is 2. The molecule has 144 valence electrons. The quantitative estimate of drug-likeness (QED) is 0.672. The van der Waals surface area contributed by atoms with Crippen LogP contribution in [0.1, 0.15) is 31.8 Å². The van der Waals surface area contributed by atoms with E-state index in [-0.39, 0.29) is 5.56 Å². The predicted molar refractivity (Wildman–Crippen MR) is 98.2 cm³/mol. The highest BCUT2D eigenvalue weighted by Crippen LogP contribution is 2.30. The lowest BCUT2D eigenvalue weighted by atomic mass is 10.1. The van der Waals surface area contributed by atoms with E-state index >= 15 is 0 Å². The second-order valence-electron chi connectivity index (χ2n) is 6.21. The van der Waals surface area contributed by atoms with E-state index in [1.165, 1.54) is 4.68 Å². The van der Waals surface area contributed by atoms with Gasteiger partial charge >= 0.3 is 6.18 Å². The molecule has 1 amide bonds. The number of aromatic nitrogens is 2. The van der Waals surface area contributed by atoms with E-state index in [0.29, 0.717) is 22.6 Å². The lowest BCUT2D eigenvalue weighted by Crippen LogP contribution is -2.15. The van der Waals surface area contributed by atoms with Gasteiger partial charge in [0.05, 0.1) is 11.3 Å². The van der Waals surface area contributed by atoms with Crippen molar-refractivity contribution in [2.45, 2.75) is 13.1 Å². The Balaban J connectivity index is 1.85. The standard InChI is InChI=1S/C20H16F3N3O2/c1-12-17(14-5-3-13(11-27)4-6-14)25-26(2)18(12)24-19(28)15-7-9-16(10-8-15)20(21,22)23/h3-11H,1-2H3,(H,24,28). The molecule has 0 spiro atoms. The van der Waals surface area contributed by atoms with E-state index in [1.807, 2.05) is 0 Å². The van der Waals surface area contributed by atoms with Crippen molar-refractivity contribution in [2.24, 2.45) is 7.05 Å². The van der Waals surface area contributed by atoms with Crippen molar-refractivity contribution < 1.29 is 22.8 Å². The Bertz CT molecular complexity index is 1020. The highest BCUT2D eigenvalue weighted by Gasteiger charge is 2.30. The number of nitrogens with zero attached hydrogens (tertiary/aromatic N) is 2. The molecule has 2 aromatic carbocycles. The summed E-state index contributed by atoms with van der Waals surface area (Å²) in [6, 6.07) is 10.8. The molecule has 1 heterocycles. The summed E-state index contributed by atoms with van der Waals surface area (Å²) < 4.78 is 39.4. The minimum atomic E-state index is -4.46. The van der Waals surface area contributed by atoms with E-state index in [9.17, 15) is 22.8 Å². The molecule has 28 heavy (non-hydrogen) atoms. The Labute approximate surface area is 158 Å². The largest absolute Gasteiger partial charge is 0.416 e. The molecular formula is C20H16F3N3O2. The molecule has 0 atom stereocenters. The van der Waals surface area contributed by atoms with Crippen LogP contribution in [-0.2, 0) is 13.2 Å². The van der Waals surface area contributed by atoms with Gasteiger partial charge < -0.3 is 5.32 Å². The summed E-state index contributed by atoms with van der Waals surface area (Å²) in [4.78, 5) is 23.2. The molecule has 0 fully saturated rings. The van der Waals surface area contributed by atoms with Gasteiger partial charge in [-0.2, -0.15) is 18.3 Å². The number of nitrogens with one attached hydrogen (secondary N) is 1. The lowest BCUT2D eigenvalue weighted by molar-refractivity contribution is -0.137. The van der Waals surface area contributed by atoms with Crippen LogP contribution in [0.5, 0.6) is 0 Å². The van der Waals surface area contributed by atoms with E-state index in [4.69, 9.17) is 0 Å². The second kappa shape index (κ2) is 7.30. The van der Waals surface area contributed by atoms with Gasteiger partial charge in [0.2, 0.25) is 0 Å². The van der Waals surface area contributed by atoms with Crippen molar-refractivity contribution in [3.05, 3.63) is 70.8 Å². The predicted octanol–water partition coefficient (Wildman–Crippen LogP) is 4.48. The Hall–Kier alpha value is -3.42. The van der Waals surface area contributed by atoms with Gasteiger partial charge in [-0.25, -0.2) is 0 Å². The summed E-state index contributed by atoms with van der Waals surface area (Å²) >= 11 is 0. The average Bonchev–Trinajstić information content (AvgIpc) is 2.95. The third kappa shape index (κ3) is 3.80. The molecular weight excluding hydrogens is 371 g/mol. The first-order valence-electron chi connectivity index (χ1n) is 8.28. The highest BCUT2D eigenvalue weighted by atomic mass is 19.4. The molecule has 5 nitrogen and oxygen atoms in total. The van der Waals surface area contributed by atoms with Crippen molar-refractivity contribution in [2.75, 3.05) is 5.32 Å². The maximum atomic E-state index is 12.7. The number of halogens is 3. The normalized spacial score (nSPS) is 11.3. The zero-order valence-electron chi connectivity index (χ0n) is 15.0. The van der Waals surface area contributed by atoms with Gasteiger partial charge in [-0.15, -0.1) is 0 Å². The second-order valence-corrected chi connectivity index (χ2v) is 6.21. The molecule has 0 unspecified atom stereocenters. The van der Waals surface area contributed by atoms with Crippen LogP contribution in [0.15, 0.2) is 48.5 Å². The number of benzene rings is 2. The van der Waals surface area contributed by atoms with E-state index in [1.54, 1.807) is 38.2 Å². The number of amides is 1. The van der Waals surface area contributed by atoms with Crippen molar-refractivity contribution in [3.63, 3.8) is 0 Å². The van der Waals surface area contributed by atoms with Gasteiger partial charge in [-0.3, -0.25) is 14.3 Å². The SMILES string of the molecule is Cc1c(-c2ccc(C=O)cc2)nn(C)c1NC(=O)c1ccc(C(F)(F)F)cc1. The maximum absolute atomic E-state index is 12.7. The first-order chi connectivity index (χ1) is 13.2. The van der Waals surface area contributed by atoms with Crippen LogP contribution in [0.3, 0.4) is 0 Å². The first kappa shape index (κ1) is 19.3. The van der Waals surface area contributed by atoms with Crippen molar-refractivity contribution in [1.82, 2.24) is 9.78 Å². The fourth-order valence-corrected chi connectivity index (χ4v) is 2.79. The lowest BCUT2D eigenvalue weighted by Gasteiger charge is -2.09. The summed E-state index contributed by atoms with van der Waals surface area (Å²) in [5, 5.41) is 7.08. The van der Waals surface area contributed by atoms with Crippen LogP contribution in [0.25, 0.3) is 11.3 Å². The van der Waals surface area contributed by atoms with Crippen molar-refractivity contribution in [1.29, 1.82) is 0 Å². The smallest absolute Gasteiger partial charge is 0.307 e. The van der Waals surface area contributed by atoms with Gasteiger partial charge in [-0.05, 0) is 31.2 Å². The van der Waals surface area contributed by atoms with Gasteiger partial charge in [-0.1, -0.05) is 24.3 Å². The molecule has 0 aliphatic rings. The third-order valence-corrected chi connectivity index (χ3v) is 4.31. The van der Waals surface area contributed by atoms with Crippen LogP contribution in [0.2, 0.25) is 0 Å². The Kier molecular flexibility index (Phi) is 5.04. The monoisotopic (exact) mass is 387 g/mol. The number of aldehydes is 1. The molecule has 0 saturated heterocycles. The molecule has 3 rings (SSSR count). The number of hydrogen-bond acceptors (Lipinski definition) is 3. The average molecular weight is 387 g/mol.